The zero-order valence-corrected chi connectivity index (χ0v) is 61.8. The molecule has 17 atom stereocenters. The molecular formula is C79H149NO18. The molecule has 0 spiro atoms. The van der Waals surface area contributed by atoms with Gasteiger partial charge in [-0.25, -0.2) is 0 Å². The van der Waals surface area contributed by atoms with Crippen molar-refractivity contribution >= 4 is 5.91 Å². The van der Waals surface area contributed by atoms with Crippen LogP contribution in [0.4, 0.5) is 0 Å². The summed E-state index contributed by atoms with van der Waals surface area (Å²) in [6.07, 6.45) is 45.7. The first-order valence-electron chi connectivity index (χ1n) is 40.6. The summed E-state index contributed by atoms with van der Waals surface area (Å²) in [5, 5.41) is 121. The number of amides is 1. The third kappa shape index (κ3) is 40.5. The van der Waals surface area contributed by atoms with Gasteiger partial charge in [-0.15, -0.1) is 0 Å². The largest absolute Gasteiger partial charge is 0.394 e. The van der Waals surface area contributed by atoms with E-state index >= 15 is 0 Å². The summed E-state index contributed by atoms with van der Waals surface area (Å²) in [5.74, 6) is -0.235. The average Bonchev–Trinajstić information content (AvgIpc) is 0.784. The summed E-state index contributed by atoms with van der Waals surface area (Å²) >= 11 is 0. The van der Waals surface area contributed by atoms with E-state index in [9.17, 15) is 61.0 Å². The van der Waals surface area contributed by atoms with Gasteiger partial charge in [-0.1, -0.05) is 314 Å². The van der Waals surface area contributed by atoms with Crippen LogP contribution < -0.4 is 5.32 Å². The van der Waals surface area contributed by atoms with Crippen LogP contribution in [-0.4, -0.2) is 193 Å². The molecule has 12 N–H and O–H groups in total. The normalized spacial score (nSPS) is 26.8. The molecular weight excluding hydrogens is 1250 g/mol. The van der Waals surface area contributed by atoms with E-state index in [0.29, 0.717) is 12.8 Å². The van der Waals surface area contributed by atoms with Gasteiger partial charge < -0.3 is 89.9 Å². The molecule has 3 aliphatic heterocycles. The van der Waals surface area contributed by atoms with Gasteiger partial charge in [0.25, 0.3) is 0 Å². The minimum Gasteiger partial charge on any atom is -0.394 e. The molecule has 0 aromatic rings. The Hall–Kier alpha value is -1.73. The molecule has 0 saturated carbocycles. The van der Waals surface area contributed by atoms with Crippen LogP contribution in [0, 0.1) is 0 Å². The second-order valence-electron chi connectivity index (χ2n) is 29.2. The molecule has 19 heteroatoms. The number of unbranched alkanes of at least 4 members (excludes halogenated alkanes) is 45. The van der Waals surface area contributed by atoms with Crippen molar-refractivity contribution in [3.8, 4) is 0 Å². The molecule has 17 unspecified atom stereocenters. The SMILES string of the molecule is CCCCCCC/C=C\C/C=C\CCCCCCCCCCCCCCCCCCCCCCCCCCCC(=O)NC(COC1OC(CO)C(OC2OC(CO)C(OC3OC(CO)C(O)C(O)C3O)C(O)C2O)C(O)C1O)C(O)CCCCCCCCCCCCCCCCCC. The van der Waals surface area contributed by atoms with Gasteiger partial charge in [0.15, 0.2) is 18.9 Å². The van der Waals surface area contributed by atoms with E-state index in [1.165, 1.54) is 257 Å². The number of rotatable bonds is 65. The average molecular weight is 1400 g/mol. The highest BCUT2D eigenvalue weighted by Crippen LogP contribution is 2.33. The van der Waals surface area contributed by atoms with Crippen molar-refractivity contribution in [3.63, 3.8) is 0 Å². The standard InChI is InChI=1S/C79H149NO18/c1-3-5-7-9-11-13-15-17-19-21-22-23-24-25-26-27-28-29-30-31-32-33-34-35-36-37-38-39-40-41-43-45-47-49-51-53-55-57-67(85)80-62(63(84)56-54-52-50-48-46-44-42-20-18-16-14-12-10-8-6-4-2)61-93-77-73(91)70(88)75(65(59-82)95-77)98-79-74(92)71(89)76(66(60-83)96-79)97-78-72(90)69(87)68(86)64(58-81)94-78/h15,17,21-22,62-66,68-79,81-84,86-92H,3-14,16,18-20,23-61H2,1-2H3,(H,80,85)/b17-15-,22-21-. The molecule has 3 heterocycles. The van der Waals surface area contributed by atoms with Crippen molar-refractivity contribution in [2.24, 2.45) is 0 Å². The zero-order chi connectivity index (χ0) is 71.1. The molecule has 19 nitrogen and oxygen atoms in total. The Kier molecular flexibility index (Phi) is 55.9. The lowest BCUT2D eigenvalue weighted by Crippen LogP contribution is -2.66. The monoisotopic (exact) mass is 1400 g/mol. The van der Waals surface area contributed by atoms with Crippen molar-refractivity contribution in [3.05, 3.63) is 24.3 Å². The van der Waals surface area contributed by atoms with Gasteiger partial charge in [0.05, 0.1) is 38.6 Å². The molecule has 0 radical (unpaired) electrons. The number of aliphatic hydroxyl groups is 11. The predicted molar refractivity (Wildman–Crippen MR) is 388 cm³/mol. The van der Waals surface area contributed by atoms with Gasteiger partial charge in [0, 0.05) is 6.42 Å². The summed E-state index contributed by atoms with van der Waals surface area (Å²) in [5.41, 5.74) is 0. The summed E-state index contributed by atoms with van der Waals surface area (Å²) in [7, 11) is 0. The smallest absolute Gasteiger partial charge is 0.220 e. The first-order valence-corrected chi connectivity index (χ1v) is 40.6. The van der Waals surface area contributed by atoms with Gasteiger partial charge in [0.1, 0.15) is 73.2 Å². The van der Waals surface area contributed by atoms with E-state index in [4.69, 9.17) is 28.4 Å². The second kappa shape index (κ2) is 60.5. The van der Waals surface area contributed by atoms with E-state index in [1.807, 2.05) is 0 Å². The minimum absolute atomic E-state index is 0.235. The van der Waals surface area contributed by atoms with Crippen LogP contribution in [0.5, 0.6) is 0 Å². The Balaban J connectivity index is 1.30. The van der Waals surface area contributed by atoms with Crippen LogP contribution in [0.1, 0.15) is 341 Å². The summed E-state index contributed by atoms with van der Waals surface area (Å²) < 4.78 is 34.5. The van der Waals surface area contributed by atoms with Crippen molar-refractivity contribution in [2.75, 3.05) is 26.4 Å². The number of aliphatic hydroxyl groups excluding tert-OH is 11. The molecule has 3 fully saturated rings. The highest BCUT2D eigenvalue weighted by atomic mass is 16.8. The van der Waals surface area contributed by atoms with Crippen molar-refractivity contribution in [1.29, 1.82) is 0 Å². The third-order valence-electron chi connectivity index (χ3n) is 20.5. The number of carbonyl (C=O) groups excluding carboxylic acids is 1. The van der Waals surface area contributed by atoms with Crippen LogP contribution in [0.25, 0.3) is 0 Å². The van der Waals surface area contributed by atoms with Crippen molar-refractivity contribution in [1.82, 2.24) is 5.32 Å². The Bertz CT molecular complexity index is 1870. The van der Waals surface area contributed by atoms with Crippen LogP contribution in [-0.2, 0) is 33.2 Å². The lowest BCUT2D eigenvalue weighted by molar-refractivity contribution is -0.379. The van der Waals surface area contributed by atoms with E-state index in [-0.39, 0.29) is 18.9 Å². The van der Waals surface area contributed by atoms with Crippen molar-refractivity contribution in [2.45, 2.75) is 446 Å². The summed E-state index contributed by atoms with van der Waals surface area (Å²) in [6.45, 7) is 1.83. The first-order chi connectivity index (χ1) is 47.8. The fourth-order valence-electron chi connectivity index (χ4n) is 14.0. The summed E-state index contributed by atoms with van der Waals surface area (Å²) in [6, 6.07) is -0.884. The van der Waals surface area contributed by atoms with Crippen LogP contribution in [0.3, 0.4) is 0 Å². The molecule has 0 bridgehead atoms. The topological polar surface area (TPSA) is 307 Å². The third-order valence-corrected chi connectivity index (χ3v) is 20.5. The number of hydrogen-bond donors (Lipinski definition) is 12. The maximum absolute atomic E-state index is 13.5. The Labute approximate surface area is 594 Å². The van der Waals surface area contributed by atoms with E-state index in [2.05, 4.69) is 43.5 Å². The molecule has 0 aromatic heterocycles. The number of nitrogens with one attached hydrogen (secondary N) is 1. The highest BCUT2D eigenvalue weighted by molar-refractivity contribution is 5.76. The van der Waals surface area contributed by atoms with Gasteiger partial charge in [-0.3, -0.25) is 4.79 Å². The predicted octanol–water partition coefficient (Wildman–Crippen LogP) is 13.3. The molecule has 3 rings (SSSR count). The first kappa shape index (κ1) is 90.5. The number of ether oxygens (including phenoxy) is 6. The molecule has 578 valence electrons. The number of carbonyl (C=O) groups is 1. The molecule has 0 aromatic carbocycles. The van der Waals surface area contributed by atoms with Gasteiger partial charge in [0.2, 0.25) is 5.91 Å². The van der Waals surface area contributed by atoms with E-state index in [1.54, 1.807) is 0 Å². The Morgan fingerprint density at radius 3 is 1.04 bits per heavy atom. The Morgan fingerprint density at radius 2 is 0.673 bits per heavy atom. The van der Waals surface area contributed by atoms with Gasteiger partial charge in [-0.2, -0.15) is 0 Å². The zero-order valence-electron chi connectivity index (χ0n) is 61.8. The van der Waals surface area contributed by atoms with Gasteiger partial charge in [-0.05, 0) is 44.9 Å². The van der Waals surface area contributed by atoms with Crippen LogP contribution in [0.2, 0.25) is 0 Å². The maximum Gasteiger partial charge on any atom is 0.220 e. The van der Waals surface area contributed by atoms with E-state index in [0.717, 1.165) is 51.4 Å². The molecule has 3 saturated heterocycles. The molecule has 0 aliphatic carbocycles. The number of hydrogen-bond acceptors (Lipinski definition) is 18. The highest BCUT2D eigenvalue weighted by Gasteiger charge is 2.54. The quantitative estimate of drug-likeness (QED) is 0.0199. The lowest BCUT2D eigenvalue weighted by atomic mass is 9.96. The maximum atomic E-state index is 13.5. The minimum atomic E-state index is -1.97. The fourth-order valence-corrected chi connectivity index (χ4v) is 14.0. The van der Waals surface area contributed by atoms with Crippen LogP contribution in [0.15, 0.2) is 24.3 Å². The Morgan fingerprint density at radius 1 is 0.367 bits per heavy atom. The lowest BCUT2D eigenvalue weighted by Gasteiger charge is -2.48. The van der Waals surface area contributed by atoms with E-state index < -0.39 is 124 Å². The number of allylic oxidation sites excluding steroid dienone is 4. The summed E-state index contributed by atoms with van der Waals surface area (Å²) in [4.78, 5) is 13.5. The fraction of sp³-hybridized carbons (Fsp3) is 0.937. The molecule has 3 aliphatic rings. The van der Waals surface area contributed by atoms with Crippen LogP contribution >= 0.6 is 0 Å². The molecule has 98 heavy (non-hydrogen) atoms. The van der Waals surface area contributed by atoms with Crippen molar-refractivity contribution < 1.29 is 89.4 Å². The molecule has 1 amide bonds. The second-order valence-corrected chi connectivity index (χ2v) is 29.2. The van der Waals surface area contributed by atoms with Gasteiger partial charge >= 0.3 is 0 Å².